The summed E-state index contributed by atoms with van der Waals surface area (Å²) in [7, 11) is -0.299. The van der Waals surface area contributed by atoms with Crippen LogP contribution in [-0.4, -0.2) is 66.1 Å². The number of unbranched alkanes of at least 4 members (excludes halogenated alkanes) is 1. The van der Waals surface area contributed by atoms with Crippen molar-refractivity contribution in [1.29, 1.82) is 0 Å². The zero-order valence-electron chi connectivity index (χ0n) is 25.7. The molecule has 0 spiro atoms. The first kappa shape index (κ1) is 33.1. The predicted molar refractivity (Wildman–Crippen MR) is 155 cm³/mol. The van der Waals surface area contributed by atoms with Crippen LogP contribution in [0.5, 0.6) is 0 Å². The van der Waals surface area contributed by atoms with Crippen molar-refractivity contribution in [2.75, 3.05) is 19.7 Å². The van der Waals surface area contributed by atoms with Crippen molar-refractivity contribution >= 4 is 19.2 Å². The van der Waals surface area contributed by atoms with Crippen molar-refractivity contribution in [2.24, 2.45) is 0 Å². The molecule has 0 bridgehead atoms. The van der Waals surface area contributed by atoms with Crippen LogP contribution in [0.1, 0.15) is 93.6 Å². The summed E-state index contributed by atoms with van der Waals surface area (Å²) in [6.45, 7) is 19.9. The van der Waals surface area contributed by atoms with Gasteiger partial charge in [0, 0.05) is 13.1 Å². The van der Waals surface area contributed by atoms with Gasteiger partial charge in [0.2, 0.25) is 0 Å². The van der Waals surface area contributed by atoms with Crippen LogP contribution < -0.4 is 5.32 Å². The van der Waals surface area contributed by atoms with Gasteiger partial charge in [-0.25, -0.2) is 9.59 Å². The molecule has 8 nitrogen and oxygen atoms in total. The molecule has 0 unspecified atom stereocenters. The number of esters is 1. The third kappa shape index (κ3) is 10.1. The van der Waals surface area contributed by atoms with Gasteiger partial charge in [0.15, 0.2) is 0 Å². The fourth-order valence-corrected chi connectivity index (χ4v) is 4.63. The maximum Gasteiger partial charge on any atom is 0.457 e. The van der Waals surface area contributed by atoms with Crippen molar-refractivity contribution in [2.45, 2.75) is 123 Å². The Bertz CT molecular complexity index is 902. The normalized spacial score (nSPS) is 18.1. The van der Waals surface area contributed by atoms with E-state index in [4.69, 9.17) is 18.8 Å². The van der Waals surface area contributed by atoms with E-state index >= 15 is 0 Å². The molecule has 9 heteroatoms. The van der Waals surface area contributed by atoms with E-state index in [1.807, 2.05) is 66.7 Å². The molecule has 1 N–H and O–H groups in total. The van der Waals surface area contributed by atoms with Crippen LogP contribution in [0.25, 0.3) is 0 Å². The molecule has 1 atom stereocenters. The number of hydrogen-bond donors (Lipinski definition) is 1. The fraction of sp³-hybridized carbons (Fsp3) is 0.733. The Kier molecular flexibility index (Phi) is 11.9. The third-order valence-corrected chi connectivity index (χ3v) is 7.55. The molecule has 0 aliphatic carbocycles. The van der Waals surface area contributed by atoms with E-state index in [0.29, 0.717) is 32.1 Å². The van der Waals surface area contributed by atoms with Gasteiger partial charge in [0.1, 0.15) is 11.1 Å². The first-order valence-electron chi connectivity index (χ1n) is 14.4. The number of alkyl carbamates (subject to hydrolysis) is 1. The summed E-state index contributed by atoms with van der Waals surface area (Å²) in [5, 5.41) is 2.94. The standard InChI is InChI=1S/C30H51BN2O6/c1-10-33(23-24-17-13-12-14-18-24)22-20-30(25(34)36-11-2,32-26(35)37-27(3,4)5)19-15-16-21-31-38-28(6,7)29(8,9)39-31/h12-14,17-18H,10-11,15-16,19-23H2,1-9H3,(H,32,35)/t30-/m1/s1. The van der Waals surface area contributed by atoms with E-state index in [1.165, 1.54) is 5.56 Å². The number of nitrogens with one attached hydrogen (secondary N) is 1. The molecule has 1 aliphatic rings. The van der Waals surface area contributed by atoms with Crippen molar-refractivity contribution in [3.63, 3.8) is 0 Å². The molecule has 220 valence electrons. The second-order valence-electron chi connectivity index (χ2n) is 12.5. The highest BCUT2D eigenvalue weighted by atomic mass is 16.7. The van der Waals surface area contributed by atoms with Crippen molar-refractivity contribution in [3.8, 4) is 0 Å². The molecule has 1 aliphatic heterocycles. The summed E-state index contributed by atoms with van der Waals surface area (Å²) in [6.07, 6.45) is 2.37. The summed E-state index contributed by atoms with van der Waals surface area (Å²) >= 11 is 0. The minimum absolute atomic E-state index is 0.228. The van der Waals surface area contributed by atoms with Crippen LogP contribution >= 0.6 is 0 Å². The van der Waals surface area contributed by atoms with E-state index in [9.17, 15) is 9.59 Å². The number of amides is 1. The van der Waals surface area contributed by atoms with E-state index in [0.717, 1.165) is 19.5 Å². The molecule has 0 radical (unpaired) electrons. The highest BCUT2D eigenvalue weighted by Gasteiger charge is 2.50. The van der Waals surface area contributed by atoms with Crippen LogP contribution in [0, 0.1) is 0 Å². The lowest BCUT2D eigenvalue weighted by Crippen LogP contribution is -2.57. The minimum Gasteiger partial charge on any atom is -0.464 e. The van der Waals surface area contributed by atoms with Gasteiger partial charge in [-0.3, -0.25) is 4.90 Å². The van der Waals surface area contributed by atoms with Gasteiger partial charge in [-0.15, -0.1) is 0 Å². The Morgan fingerprint density at radius 1 is 0.974 bits per heavy atom. The molecule has 1 aromatic carbocycles. The maximum absolute atomic E-state index is 13.5. The average molecular weight is 547 g/mol. The first-order chi connectivity index (χ1) is 18.1. The number of carbonyl (C=O) groups excluding carboxylic acids is 2. The number of rotatable bonds is 14. The number of nitrogens with zero attached hydrogens (tertiary/aromatic N) is 1. The summed E-state index contributed by atoms with van der Waals surface area (Å²) < 4.78 is 23.4. The van der Waals surface area contributed by atoms with Gasteiger partial charge in [0.25, 0.3) is 0 Å². The van der Waals surface area contributed by atoms with E-state index in [-0.39, 0.29) is 24.9 Å². The van der Waals surface area contributed by atoms with Gasteiger partial charge >= 0.3 is 19.2 Å². The fourth-order valence-electron chi connectivity index (χ4n) is 4.63. The molecule has 1 fully saturated rings. The maximum atomic E-state index is 13.5. The van der Waals surface area contributed by atoms with Gasteiger partial charge < -0.3 is 24.1 Å². The summed E-state index contributed by atoms with van der Waals surface area (Å²) in [4.78, 5) is 28.7. The minimum atomic E-state index is -1.21. The third-order valence-electron chi connectivity index (χ3n) is 7.55. The van der Waals surface area contributed by atoms with E-state index in [2.05, 4.69) is 29.3 Å². The number of ether oxygens (including phenoxy) is 2. The van der Waals surface area contributed by atoms with Crippen LogP contribution in [0.2, 0.25) is 6.32 Å². The molecule has 1 heterocycles. The van der Waals surface area contributed by atoms with Crippen molar-refractivity contribution in [1.82, 2.24) is 10.2 Å². The SMILES string of the molecule is CCOC(=O)[C@@](CCCCB1OC(C)(C)C(C)(C)O1)(CCN(CC)Cc1ccccc1)NC(=O)OC(C)(C)C. The molecule has 0 saturated carbocycles. The molecule has 2 rings (SSSR count). The van der Waals surface area contributed by atoms with Crippen molar-refractivity contribution < 1.29 is 28.4 Å². The lowest BCUT2D eigenvalue weighted by molar-refractivity contribution is -0.152. The van der Waals surface area contributed by atoms with Crippen LogP contribution in [0.3, 0.4) is 0 Å². The Labute approximate surface area is 236 Å². The molecule has 39 heavy (non-hydrogen) atoms. The molecule has 0 aromatic heterocycles. The Morgan fingerprint density at radius 3 is 2.13 bits per heavy atom. The van der Waals surface area contributed by atoms with Crippen molar-refractivity contribution in [3.05, 3.63) is 35.9 Å². The summed E-state index contributed by atoms with van der Waals surface area (Å²) in [5.74, 6) is -0.428. The van der Waals surface area contributed by atoms with Crippen LogP contribution in [0.15, 0.2) is 30.3 Å². The predicted octanol–water partition coefficient (Wildman–Crippen LogP) is 5.99. The van der Waals surface area contributed by atoms with E-state index in [1.54, 1.807) is 6.92 Å². The highest BCUT2D eigenvalue weighted by Crippen LogP contribution is 2.38. The highest BCUT2D eigenvalue weighted by molar-refractivity contribution is 6.45. The number of hydrogen-bond acceptors (Lipinski definition) is 7. The lowest BCUT2D eigenvalue weighted by Gasteiger charge is -2.35. The van der Waals surface area contributed by atoms with Gasteiger partial charge in [-0.1, -0.05) is 50.1 Å². The average Bonchev–Trinajstić information content (AvgIpc) is 3.04. The summed E-state index contributed by atoms with van der Waals surface area (Å²) in [5.41, 5.74) is -1.47. The molecule has 1 aromatic rings. The molecular weight excluding hydrogens is 495 g/mol. The zero-order valence-corrected chi connectivity index (χ0v) is 25.7. The topological polar surface area (TPSA) is 86.3 Å². The monoisotopic (exact) mass is 546 g/mol. The van der Waals surface area contributed by atoms with Crippen LogP contribution in [-0.2, 0) is 30.1 Å². The van der Waals surface area contributed by atoms with Gasteiger partial charge in [-0.2, -0.15) is 0 Å². The number of benzene rings is 1. The van der Waals surface area contributed by atoms with Gasteiger partial charge in [0.05, 0.1) is 17.8 Å². The first-order valence-corrected chi connectivity index (χ1v) is 14.4. The van der Waals surface area contributed by atoms with E-state index < -0.39 is 23.2 Å². The smallest absolute Gasteiger partial charge is 0.457 e. The largest absolute Gasteiger partial charge is 0.464 e. The Balaban J connectivity index is 2.17. The molecule has 1 amide bonds. The molecule has 1 saturated heterocycles. The second kappa shape index (κ2) is 14.0. The lowest BCUT2D eigenvalue weighted by atomic mass is 9.80. The Hall–Kier alpha value is -2.10. The second-order valence-corrected chi connectivity index (χ2v) is 12.5. The summed E-state index contributed by atoms with van der Waals surface area (Å²) in [6, 6.07) is 10.2. The number of carbonyl (C=O) groups is 2. The molecular formula is C30H51BN2O6. The van der Waals surface area contributed by atoms with Gasteiger partial charge in [-0.05, 0) is 86.7 Å². The van der Waals surface area contributed by atoms with Crippen LogP contribution in [0.4, 0.5) is 4.79 Å². The Morgan fingerprint density at radius 2 is 1.59 bits per heavy atom. The quantitative estimate of drug-likeness (QED) is 0.174. The zero-order chi connectivity index (χ0) is 29.3.